The minimum atomic E-state index is -6.64. The van der Waals surface area contributed by atoms with E-state index in [0.29, 0.717) is 0 Å². The van der Waals surface area contributed by atoms with Gasteiger partial charge in [-0.25, -0.2) is 4.57 Å². The lowest BCUT2D eigenvalue weighted by molar-refractivity contribution is -0.354. The number of halogens is 14. The van der Waals surface area contributed by atoms with E-state index in [1.165, 1.54) is 0 Å². The molecule has 4 nitrogen and oxygen atoms in total. The molecule has 1 N–H and O–H groups in total. The molecule has 1 fully saturated rings. The Kier molecular flexibility index (Phi) is 9.32. The van der Waals surface area contributed by atoms with Crippen LogP contribution in [0.1, 0.15) is 12.8 Å². The normalized spacial score (nSPS) is 20.4. The summed E-state index contributed by atoms with van der Waals surface area (Å²) < 4.78 is 196. The van der Waals surface area contributed by atoms with Gasteiger partial charge < -0.3 is 4.89 Å². The van der Waals surface area contributed by atoms with Crippen LogP contribution in [0.5, 0.6) is 0 Å². The third-order valence-corrected chi connectivity index (χ3v) is 8.05. The summed E-state index contributed by atoms with van der Waals surface area (Å²) in [6.07, 6.45) is -17.6. The van der Waals surface area contributed by atoms with Crippen LogP contribution in [0.2, 0.25) is 0 Å². The molecule has 0 spiro atoms. The van der Waals surface area contributed by atoms with Gasteiger partial charge in [-0.3, -0.25) is 9.05 Å². The molecule has 0 aliphatic carbocycles. The number of phosphoric ester groups is 1. The van der Waals surface area contributed by atoms with Crippen molar-refractivity contribution < 1.29 is 80.0 Å². The molecule has 0 aromatic heterocycles. The molecule has 0 aromatic rings. The quantitative estimate of drug-likeness (QED) is 0.172. The first-order valence-electron chi connectivity index (χ1n) is 8.37. The van der Waals surface area contributed by atoms with Crippen molar-refractivity contribution in [1.82, 2.24) is 0 Å². The van der Waals surface area contributed by atoms with Crippen LogP contribution in [0.15, 0.2) is 0 Å². The standard InChI is InChI=1S/C13H13F14O4PS2/c14-8(15,10(18,19)12(22,23)24)1-3-33-7(5-30-32(28,29)31-6-7)34-4-2-9(16,17)11(20,21)13(25,26)27/h1-6H2,(H,28,29). The zero-order valence-corrected chi connectivity index (χ0v) is 18.5. The molecule has 0 bridgehead atoms. The summed E-state index contributed by atoms with van der Waals surface area (Å²) >= 11 is 0.0165. The second-order valence-electron chi connectivity index (χ2n) is 6.68. The number of hydrogen-bond donors (Lipinski definition) is 1. The fourth-order valence-corrected chi connectivity index (χ4v) is 6.16. The van der Waals surface area contributed by atoms with Gasteiger partial charge in [-0.15, -0.1) is 23.5 Å². The average Bonchev–Trinajstić information content (AvgIpc) is 2.61. The molecule has 1 heterocycles. The second kappa shape index (κ2) is 9.95. The SMILES string of the molecule is O=P1(O)OCC(SCCC(F)(F)C(F)(F)C(F)(F)F)(SCCC(F)(F)C(F)(F)C(F)(F)F)CO1. The van der Waals surface area contributed by atoms with Gasteiger partial charge in [0.1, 0.15) is 4.08 Å². The van der Waals surface area contributed by atoms with E-state index in [9.17, 15) is 66.0 Å². The average molecular weight is 594 g/mol. The first-order chi connectivity index (χ1) is 14.8. The van der Waals surface area contributed by atoms with Crippen molar-refractivity contribution in [3.8, 4) is 0 Å². The van der Waals surface area contributed by atoms with Gasteiger partial charge in [0.15, 0.2) is 0 Å². The molecular formula is C13H13F14O4PS2. The van der Waals surface area contributed by atoms with Crippen molar-refractivity contribution in [2.45, 2.75) is 53.0 Å². The molecule has 0 atom stereocenters. The van der Waals surface area contributed by atoms with Gasteiger partial charge in [-0.1, -0.05) is 0 Å². The number of phosphoric acid groups is 1. The van der Waals surface area contributed by atoms with E-state index in [2.05, 4.69) is 9.05 Å². The number of thioether (sulfide) groups is 2. The van der Waals surface area contributed by atoms with Crippen molar-refractivity contribution in [1.29, 1.82) is 0 Å². The molecule has 1 aliphatic heterocycles. The second-order valence-corrected chi connectivity index (χ2v) is 11.3. The Balaban J connectivity index is 2.93. The number of alkyl halides is 14. The first kappa shape index (κ1) is 31.9. The van der Waals surface area contributed by atoms with Gasteiger partial charge >= 0.3 is 43.9 Å². The van der Waals surface area contributed by atoms with E-state index in [4.69, 9.17) is 4.89 Å². The Bertz CT molecular complexity index is 699. The highest BCUT2D eigenvalue weighted by Crippen LogP contribution is 2.56. The molecule has 0 saturated carbocycles. The molecule has 1 aliphatic rings. The summed E-state index contributed by atoms with van der Waals surface area (Å²) in [5.41, 5.74) is 0. The third-order valence-electron chi connectivity index (χ3n) is 4.09. The lowest BCUT2D eigenvalue weighted by atomic mass is 10.1. The van der Waals surface area contributed by atoms with Crippen LogP contribution >= 0.6 is 31.3 Å². The fourth-order valence-electron chi connectivity index (χ4n) is 2.11. The summed E-state index contributed by atoms with van der Waals surface area (Å²) in [6.45, 7) is -2.14. The molecule has 21 heteroatoms. The summed E-state index contributed by atoms with van der Waals surface area (Å²) in [6, 6.07) is 0. The van der Waals surface area contributed by atoms with Gasteiger partial charge in [-0.05, 0) is 0 Å². The van der Waals surface area contributed by atoms with Gasteiger partial charge in [0.05, 0.1) is 13.2 Å². The zero-order chi connectivity index (χ0) is 27.1. The van der Waals surface area contributed by atoms with Crippen LogP contribution in [0.4, 0.5) is 61.5 Å². The van der Waals surface area contributed by atoms with E-state index < -0.39 is 85.5 Å². The topological polar surface area (TPSA) is 55.8 Å². The van der Waals surface area contributed by atoms with Crippen LogP contribution in [0, 0.1) is 0 Å². The third kappa shape index (κ3) is 6.98. The van der Waals surface area contributed by atoms with Crippen molar-refractivity contribution >= 4 is 31.3 Å². The van der Waals surface area contributed by atoms with Crippen molar-refractivity contribution in [2.24, 2.45) is 0 Å². The van der Waals surface area contributed by atoms with E-state index in [1.807, 2.05) is 0 Å². The summed E-state index contributed by atoms with van der Waals surface area (Å²) in [5, 5.41) is 0. The highest BCUT2D eigenvalue weighted by Gasteiger charge is 2.73. The molecule has 1 saturated heterocycles. The monoisotopic (exact) mass is 594 g/mol. The molecular weight excluding hydrogens is 581 g/mol. The van der Waals surface area contributed by atoms with Crippen molar-refractivity contribution in [3.05, 3.63) is 0 Å². The summed E-state index contributed by atoms with van der Waals surface area (Å²) in [4.78, 5) is 9.11. The molecule has 0 aromatic carbocycles. The molecule has 34 heavy (non-hydrogen) atoms. The zero-order valence-electron chi connectivity index (χ0n) is 16.0. The maximum atomic E-state index is 13.4. The largest absolute Gasteiger partial charge is 0.472 e. The van der Waals surface area contributed by atoms with E-state index in [-0.39, 0.29) is 23.5 Å². The number of rotatable bonds is 10. The maximum Gasteiger partial charge on any atom is 0.472 e. The molecule has 0 amide bonds. The smallest absolute Gasteiger partial charge is 0.302 e. The predicted octanol–water partition coefficient (Wildman–Crippen LogP) is 6.74. The van der Waals surface area contributed by atoms with Crippen LogP contribution < -0.4 is 0 Å². The Morgan fingerprint density at radius 1 is 0.676 bits per heavy atom. The maximum absolute atomic E-state index is 13.4. The van der Waals surface area contributed by atoms with Crippen LogP contribution in [0.25, 0.3) is 0 Å². The van der Waals surface area contributed by atoms with Crippen molar-refractivity contribution in [2.75, 3.05) is 24.7 Å². The highest BCUT2D eigenvalue weighted by atomic mass is 32.2. The number of hydrogen-bond acceptors (Lipinski definition) is 5. The lowest BCUT2D eigenvalue weighted by Gasteiger charge is -2.38. The Morgan fingerprint density at radius 2 is 0.971 bits per heavy atom. The van der Waals surface area contributed by atoms with Crippen LogP contribution in [-0.2, 0) is 13.6 Å². The Hall–Kier alpha value is -0.170. The van der Waals surface area contributed by atoms with Gasteiger partial charge in [0.2, 0.25) is 0 Å². The molecule has 1 rings (SSSR count). The lowest BCUT2D eigenvalue weighted by Crippen LogP contribution is -2.52. The van der Waals surface area contributed by atoms with Crippen LogP contribution in [0.3, 0.4) is 0 Å². The summed E-state index contributed by atoms with van der Waals surface area (Å²) in [7, 11) is -4.75. The Morgan fingerprint density at radius 3 is 1.24 bits per heavy atom. The van der Waals surface area contributed by atoms with Crippen LogP contribution in [-0.4, -0.2) is 69.7 Å². The van der Waals surface area contributed by atoms with Gasteiger partial charge in [0.25, 0.3) is 0 Å². The molecule has 204 valence electrons. The molecule has 0 unspecified atom stereocenters. The first-order valence-corrected chi connectivity index (χ1v) is 11.8. The predicted molar refractivity (Wildman–Crippen MR) is 90.5 cm³/mol. The minimum Gasteiger partial charge on any atom is -0.302 e. The van der Waals surface area contributed by atoms with Gasteiger partial charge in [-0.2, -0.15) is 61.5 Å². The van der Waals surface area contributed by atoms with Crippen molar-refractivity contribution in [3.63, 3.8) is 0 Å². The Labute approximate surface area is 189 Å². The van der Waals surface area contributed by atoms with E-state index >= 15 is 0 Å². The van der Waals surface area contributed by atoms with Gasteiger partial charge in [0, 0.05) is 24.3 Å². The highest BCUT2D eigenvalue weighted by molar-refractivity contribution is 8.18. The van der Waals surface area contributed by atoms with E-state index in [0.717, 1.165) is 0 Å². The minimum absolute atomic E-state index is 0.00823. The van der Waals surface area contributed by atoms with E-state index in [1.54, 1.807) is 0 Å². The molecule has 0 radical (unpaired) electrons. The fraction of sp³-hybridized carbons (Fsp3) is 1.00. The summed E-state index contributed by atoms with van der Waals surface area (Å²) in [5.74, 6) is -26.8.